The van der Waals surface area contributed by atoms with E-state index in [1.807, 2.05) is 12.1 Å². The second-order valence-electron chi connectivity index (χ2n) is 11.2. The largest absolute Gasteiger partial charge is 0.487 e. The third-order valence-corrected chi connectivity index (χ3v) is 6.83. The van der Waals surface area contributed by atoms with Gasteiger partial charge in [0.25, 0.3) is 10.1 Å². The van der Waals surface area contributed by atoms with E-state index in [0.717, 1.165) is 6.42 Å². The number of rotatable bonds is 8. The van der Waals surface area contributed by atoms with Crippen molar-refractivity contribution in [2.75, 3.05) is 6.61 Å². The summed E-state index contributed by atoms with van der Waals surface area (Å²) in [5, 5.41) is 11.2. The van der Waals surface area contributed by atoms with Gasteiger partial charge in [-0.1, -0.05) is 77.9 Å². The fourth-order valence-electron chi connectivity index (χ4n) is 4.26. The van der Waals surface area contributed by atoms with Crippen LogP contribution in [0.3, 0.4) is 0 Å². The maximum Gasteiger partial charge on any atom is 0.295 e. The molecule has 3 aromatic rings. The molecule has 0 spiro atoms. The predicted octanol–water partition coefficient (Wildman–Crippen LogP) is 6.43. The Labute approximate surface area is 208 Å². The molecule has 2 atom stereocenters. The van der Waals surface area contributed by atoms with Gasteiger partial charge in [0, 0.05) is 10.8 Å². The Morgan fingerprint density at radius 1 is 0.857 bits per heavy atom. The van der Waals surface area contributed by atoms with Crippen LogP contribution in [-0.2, 0) is 10.1 Å². The number of hydrogen-bond acceptors (Lipinski definition) is 5. The molecule has 35 heavy (non-hydrogen) atoms. The normalized spacial score (nSPS) is 14.5. The Balaban J connectivity index is 1.70. The Kier molecular flexibility index (Phi) is 7.84. The van der Waals surface area contributed by atoms with Gasteiger partial charge in [-0.25, -0.2) is 0 Å². The van der Waals surface area contributed by atoms with Gasteiger partial charge in [-0.2, -0.15) is 8.42 Å². The highest BCUT2D eigenvalue weighted by Crippen LogP contribution is 2.43. The van der Waals surface area contributed by atoms with Crippen LogP contribution in [0.4, 0.5) is 0 Å². The van der Waals surface area contributed by atoms with Crippen LogP contribution >= 0.6 is 0 Å². The van der Waals surface area contributed by atoms with E-state index in [9.17, 15) is 18.1 Å². The molecule has 2 N–H and O–H groups in total. The standard InChI is InChI=1S/C28H36O6S/c1-27(2,3)17-23(28(4,5)6)19-13-15-20(16-14-19)33-18-26(29)34-24-11-7-10-22-21(24)9-8-12-25(22)35(30,31)32/h7-16,23,26,29H,17-18H2,1-6H3,(H,30,31,32). The van der Waals surface area contributed by atoms with E-state index in [1.54, 1.807) is 24.3 Å². The maximum absolute atomic E-state index is 11.7. The van der Waals surface area contributed by atoms with Crippen molar-refractivity contribution in [2.45, 2.75) is 65.1 Å². The first kappa shape index (κ1) is 27.0. The summed E-state index contributed by atoms with van der Waals surface area (Å²) in [6.45, 7) is 13.4. The van der Waals surface area contributed by atoms with Gasteiger partial charge in [0.1, 0.15) is 16.4 Å². The lowest BCUT2D eigenvalue weighted by atomic mass is 9.69. The summed E-state index contributed by atoms with van der Waals surface area (Å²) in [5.74, 6) is 1.30. The topological polar surface area (TPSA) is 93.1 Å². The Hall–Kier alpha value is -2.61. The maximum atomic E-state index is 11.7. The van der Waals surface area contributed by atoms with Crippen LogP contribution in [0, 0.1) is 10.8 Å². The van der Waals surface area contributed by atoms with Gasteiger partial charge < -0.3 is 14.6 Å². The highest BCUT2D eigenvalue weighted by molar-refractivity contribution is 7.86. The van der Waals surface area contributed by atoms with Crippen molar-refractivity contribution in [3.63, 3.8) is 0 Å². The van der Waals surface area contributed by atoms with Gasteiger partial charge in [0.15, 0.2) is 6.61 Å². The minimum atomic E-state index is -4.39. The summed E-state index contributed by atoms with van der Waals surface area (Å²) in [5.41, 5.74) is 1.58. The molecule has 0 radical (unpaired) electrons. The SMILES string of the molecule is CC(C)(C)CC(c1ccc(OCC(O)Oc2cccc3c(S(=O)(=O)O)cccc23)cc1)C(C)(C)C. The lowest BCUT2D eigenvalue weighted by molar-refractivity contribution is -0.0469. The van der Waals surface area contributed by atoms with E-state index in [4.69, 9.17) is 9.47 Å². The van der Waals surface area contributed by atoms with Crippen LogP contribution in [0.25, 0.3) is 10.8 Å². The van der Waals surface area contributed by atoms with Crippen LogP contribution in [0.2, 0.25) is 0 Å². The van der Waals surface area contributed by atoms with Crippen LogP contribution in [0.5, 0.6) is 11.5 Å². The van der Waals surface area contributed by atoms with E-state index in [0.29, 0.717) is 22.4 Å². The molecule has 3 aromatic carbocycles. The Morgan fingerprint density at radius 2 is 1.46 bits per heavy atom. The number of ether oxygens (including phenoxy) is 2. The second kappa shape index (κ2) is 10.2. The van der Waals surface area contributed by atoms with Crippen LogP contribution in [-0.4, -0.2) is 31.0 Å². The summed E-state index contributed by atoms with van der Waals surface area (Å²) in [6, 6.07) is 17.2. The van der Waals surface area contributed by atoms with Crippen LogP contribution in [0.1, 0.15) is 59.4 Å². The number of aliphatic hydroxyl groups is 1. The first-order valence-corrected chi connectivity index (χ1v) is 13.2. The molecule has 0 aliphatic heterocycles. The van der Waals surface area contributed by atoms with Crippen molar-refractivity contribution >= 4 is 20.9 Å². The number of benzene rings is 3. The van der Waals surface area contributed by atoms with E-state index in [1.165, 1.54) is 17.7 Å². The average molecular weight is 501 g/mol. The Morgan fingerprint density at radius 3 is 2.03 bits per heavy atom. The lowest BCUT2D eigenvalue weighted by Crippen LogP contribution is -2.24. The molecular weight excluding hydrogens is 464 g/mol. The van der Waals surface area contributed by atoms with Gasteiger partial charge >= 0.3 is 0 Å². The van der Waals surface area contributed by atoms with Gasteiger partial charge in [0.2, 0.25) is 6.29 Å². The summed E-state index contributed by atoms with van der Waals surface area (Å²) in [4.78, 5) is -0.216. The van der Waals surface area contributed by atoms with Crippen molar-refractivity contribution in [1.29, 1.82) is 0 Å². The van der Waals surface area contributed by atoms with E-state index >= 15 is 0 Å². The molecule has 0 saturated heterocycles. The summed E-state index contributed by atoms with van der Waals surface area (Å²) >= 11 is 0. The molecule has 0 aliphatic carbocycles. The van der Waals surface area contributed by atoms with Crippen molar-refractivity contribution in [1.82, 2.24) is 0 Å². The zero-order chi connectivity index (χ0) is 26.0. The number of hydrogen-bond donors (Lipinski definition) is 2. The molecule has 0 aromatic heterocycles. The zero-order valence-electron chi connectivity index (χ0n) is 21.3. The highest BCUT2D eigenvalue weighted by Gasteiger charge is 2.30. The summed E-state index contributed by atoms with van der Waals surface area (Å²) in [6.07, 6.45) is -0.217. The monoisotopic (exact) mass is 500 g/mol. The predicted molar refractivity (Wildman–Crippen MR) is 139 cm³/mol. The molecule has 0 saturated carbocycles. The third kappa shape index (κ3) is 7.19. The average Bonchev–Trinajstić information content (AvgIpc) is 2.74. The van der Waals surface area contributed by atoms with Crippen molar-refractivity contribution in [3.8, 4) is 11.5 Å². The second-order valence-corrected chi connectivity index (χ2v) is 12.6. The van der Waals surface area contributed by atoms with E-state index < -0.39 is 16.4 Å². The molecule has 2 unspecified atom stereocenters. The molecule has 0 aliphatic rings. The minimum absolute atomic E-state index is 0.113. The molecule has 190 valence electrons. The molecule has 7 heteroatoms. The van der Waals surface area contributed by atoms with Crippen molar-refractivity contribution in [3.05, 3.63) is 66.2 Å². The zero-order valence-corrected chi connectivity index (χ0v) is 22.1. The molecule has 0 bridgehead atoms. The van der Waals surface area contributed by atoms with Gasteiger partial charge in [-0.3, -0.25) is 4.55 Å². The van der Waals surface area contributed by atoms with E-state index in [-0.39, 0.29) is 28.1 Å². The molecule has 3 rings (SSSR count). The minimum Gasteiger partial charge on any atom is -0.487 e. The first-order chi connectivity index (χ1) is 16.1. The van der Waals surface area contributed by atoms with Crippen molar-refractivity contribution in [2.24, 2.45) is 10.8 Å². The number of fused-ring (bicyclic) bond motifs is 1. The first-order valence-electron chi connectivity index (χ1n) is 11.7. The Bertz CT molecular complexity index is 1250. The lowest BCUT2D eigenvalue weighted by Gasteiger charge is -2.36. The molecule has 0 fully saturated rings. The highest BCUT2D eigenvalue weighted by atomic mass is 32.2. The quantitative estimate of drug-likeness (QED) is 0.273. The fraction of sp³-hybridized carbons (Fsp3) is 0.429. The summed E-state index contributed by atoms with van der Waals surface area (Å²) in [7, 11) is -4.39. The van der Waals surface area contributed by atoms with E-state index in [2.05, 4.69) is 53.7 Å². The number of aliphatic hydroxyl groups excluding tert-OH is 1. The smallest absolute Gasteiger partial charge is 0.295 e. The molecule has 6 nitrogen and oxygen atoms in total. The van der Waals surface area contributed by atoms with Crippen LogP contribution < -0.4 is 9.47 Å². The van der Waals surface area contributed by atoms with Crippen molar-refractivity contribution < 1.29 is 27.6 Å². The van der Waals surface area contributed by atoms with Gasteiger partial charge in [-0.05, 0) is 53.0 Å². The fourth-order valence-corrected chi connectivity index (χ4v) is 4.97. The molecule has 0 amide bonds. The molecule has 0 heterocycles. The van der Waals surface area contributed by atoms with Gasteiger partial charge in [0.05, 0.1) is 0 Å². The summed E-state index contributed by atoms with van der Waals surface area (Å²) < 4.78 is 44.2. The van der Waals surface area contributed by atoms with Gasteiger partial charge in [-0.15, -0.1) is 0 Å². The van der Waals surface area contributed by atoms with Crippen LogP contribution in [0.15, 0.2) is 65.6 Å². The molecular formula is C28H36O6S. The third-order valence-electron chi connectivity index (χ3n) is 5.92.